The monoisotopic (exact) mass is 133 g/mol. The lowest BCUT2D eigenvalue weighted by molar-refractivity contribution is -0.140. The molecule has 0 saturated heterocycles. The second-order valence-electron chi connectivity index (χ2n) is 0.868. The Morgan fingerprint density at radius 1 is 1.56 bits per heavy atom. The van der Waals surface area contributed by atoms with Gasteiger partial charge in [-0.2, -0.15) is 5.26 Å². The zero-order valence-corrected chi connectivity index (χ0v) is 4.61. The van der Waals surface area contributed by atoms with E-state index in [0.717, 1.165) is 0 Å². The van der Waals surface area contributed by atoms with Crippen LogP contribution >= 0.6 is 0 Å². The van der Waals surface area contributed by atoms with Crippen molar-refractivity contribution in [2.24, 2.45) is 0 Å². The van der Waals surface area contributed by atoms with E-state index >= 15 is 0 Å². The summed E-state index contributed by atoms with van der Waals surface area (Å²) in [6.07, 6.45) is 0. The van der Waals surface area contributed by atoms with Crippen molar-refractivity contribution in [2.75, 3.05) is 13.2 Å². The summed E-state index contributed by atoms with van der Waals surface area (Å²) in [6.45, 7) is -1.15. The number of carboxylic acid groups (broad SMARTS) is 1. The summed E-state index contributed by atoms with van der Waals surface area (Å²) in [6, 6.07) is 1.49. The molecule has 0 aliphatic rings. The molecule has 0 saturated carbocycles. The van der Waals surface area contributed by atoms with Gasteiger partial charge in [0.1, 0.15) is 13.2 Å². The maximum atomic E-state index is 9.12. The van der Waals surface area contributed by atoms with Crippen LogP contribution in [0.4, 0.5) is 0 Å². The van der Waals surface area contributed by atoms with Crippen LogP contribution in [0.3, 0.4) is 0 Å². The van der Waals surface area contributed by atoms with Crippen LogP contribution in [-0.2, 0) is 4.79 Å². The van der Waals surface area contributed by atoms with Crippen molar-refractivity contribution in [1.82, 2.24) is 0 Å². The summed E-state index contributed by atoms with van der Waals surface area (Å²) < 4.78 is 0. The number of aliphatic carboxylic acids is 1. The van der Waals surface area contributed by atoms with Gasteiger partial charge in [-0.1, -0.05) is 0 Å². The number of nitriles is 1. The van der Waals surface area contributed by atoms with Gasteiger partial charge in [-0.05, 0) is 0 Å². The van der Waals surface area contributed by atoms with Gasteiger partial charge in [0.2, 0.25) is 0 Å². The number of hydrogen-bond acceptors (Lipinski definition) is 4. The smallest absolute Gasteiger partial charge is 0.329 e. The number of aliphatic hydroxyl groups excluding tert-OH is 2. The van der Waals surface area contributed by atoms with Crippen LogP contribution in [0.5, 0.6) is 0 Å². The molecule has 0 heterocycles. The van der Waals surface area contributed by atoms with Crippen molar-refractivity contribution in [3.8, 4) is 6.07 Å². The fourth-order valence-corrected chi connectivity index (χ4v) is 0. The lowest BCUT2D eigenvalue weighted by Gasteiger charge is -1.72. The molecule has 0 aliphatic carbocycles. The minimum absolute atomic E-state index is 0.375. The molecule has 0 radical (unpaired) electrons. The molecule has 0 aliphatic heterocycles. The van der Waals surface area contributed by atoms with Gasteiger partial charge in [0.15, 0.2) is 0 Å². The SMILES string of the molecule is N#CCO.O=C(O)CO. The minimum atomic E-state index is -1.19. The summed E-state index contributed by atoms with van der Waals surface area (Å²) in [5.41, 5.74) is 0. The highest BCUT2D eigenvalue weighted by atomic mass is 16.4. The number of nitrogens with zero attached hydrogens (tertiary/aromatic N) is 1. The van der Waals surface area contributed by atoms with Crippen LogP contribution in [0, 0.1) is 11.3 Å². The van der Waals surface area contributed by atoms with Crippen molar-refractivity contribution in [3.05, 3.63) is 0 Å². The average Bonchev–Trinajstić information content (AvgIpc) is 1.89. The van der Waals surface area contributed by atoms with E-state index in [1.165, 1.54) is 6.07 Å². The fraction of sp³-hybridized carbons (Fsp3) is 0.500. The Labute approximate surface area is 51.8 Å². The molecular weight excluding hydrogens is 126 g/mol. The lowest BCUT2D eigenvalue weighted by Crippen LogP contribution is -1.98. The van der Waals surface area contributed by atoms with Gasteiger partial charge in [0, 0.05) is 0 Å². The van der Waals surface area contributed by atoms with Gasteiger partial charge in [0.25, 0.3) is 0 Å². The quantitative estimate of drug-likeness (QED) is 0.380. The summed E-state index contributed by atoms with van der Waals surface area (Å²) in [7, 11) is 0. The van der Waals surface area contributed by atoms with Gasteiger partial charge in [-0.15, -0.1) is 0 Å². The van der Waals surface area contributed by atoms with Gasteiger partial charge in [-0.25, -0.2) is 4.79 Å². The second-order valence-corrected chi connectivity index (χ2v) is 0.868. The van der Waals surface area contributed by atoms with Crippen molar-refractivity contribution >= 4 is 5.97 Å². The number of carbonyl (C=O) groups is 1. The minimum Gasteiger partial charge on any atom is -0.480 e. The molecule has 0 aromatic rings. The molecule has 9 heavy (non-hydrogen) atoms. The van der Waals surface area contributed by atoms with E-state index in [2.05, 4.69) is 0 Å². The van der Waals surface area contributed by atoms with E-state index in [-0.39, 0.29) is 6.61 Å². The Hall–Kier alpha value is -1.12. The molecular formula is C4H7NO4. The van der Waals surface area contributed by atoms with Crippen molar-refractivity contribution < 1.29 is 20.1 Å². The normalized spacial score (nSPS) is 6.33. The highest BCUT2D eigenvalue weighted by molar-refractivity contribution is 5.67. The van der Waals surface area contributed by atoms with Crippen LogP contribution in [0.2, 0.25) is 0 Å². The van der Waals surface area contributed by atoms with Gasteiger partial charge >= 0.3 is 5.97 Å². The number of rotatable bonds is 1. The van der Waals surface area contributed by atoms with Gasteiger partial charge < -0.3 is 15.3 Å². The maximum absolute atomic E-state index is 9.12. The highest BCUT2D eigenvalue weighted by Crippen LogP contribution is 1.48. The predicted molar refractivity (Wildman–Crippen MR) is 27.4 cm³/mol. The summed E-state index contributed by atoms with van der Waals surface area (Å²) in [5.74, 6) is -1.19. The van der Waals surface area contributed by atoms with E-state index in [1.54, 1.807) is 0 Å². The topological polar surface area (TPSA) is 102 Å². The predicted octanol–water partition coefficient (Wildman–Crippen LogP) is -1.43. The molecule has 0 unspecified atom stereocenters. The number of hydrogen-bond donors (Lipinski definition) is 3. The van der Waals surface area contributed by atoms with Crippen LogP contribution in [0.1, 0.15) is 0 Å². The summed E-state index contributed by atoms with van der Waals surface area (Å²) >= 11 is 0. The Bertz CT molecular complexity index is 106. The van der Waals surface area contributed by atoms with E-state index in [1.807, 2.05) is 0 Å². The molecule has 0 bridgehead atoms. The van der Waals surface area contributed by atoms with Gasteiger partial charge in [-0.3, -0.25) is 0 Å². The second kappa shape index (κ2) is 9.99. The molecule has 3 N–H and O–H groups in total. The molecule has 0 atom stereocenters. The fourth-order valence-electron chi connectivity index (χ4n) is 0. The molecule has 52 valence electrons. The zero-order valence-electron chi connectivity index (χ0n) is 4.61. The van der Waals surface area contributed by atoms with Crippen molar-refractivity contribution in [2.45, 2.75) is 0 Å². The first-order valence-corrected chi connectivity index (χ1v) is 1.99. The van der Waals surface area contributed by atoms with E-state index in [4.69, 9.17) is 25.4 Å². The summed E-state index contributed by atoms with van der Waals surface area (Å²) in [4.78, 5) is 9.12. The number of carboxylic acids is 1. The number of aliphatic hydroxyl groups is 2. The van der Waals surface area contributed by atoms with E-state index < -0.39 is 12.6 Å². The van der Waals surface area contributed by atoms with Crippen LogP contribution in [0.15, 0.2) is 0 Å². The van der Waals surface area contributed by atoms with Gasteiger partial charge in [0.05, 0.1) is 6.07 Å². The van der Waals surface area contributed by atoms with E-state index in [0.29, 0.717) is 0 Å². The first kappa shape index (κ1) is 10.8. The molecule has 0 aromatic carbocycles. The lowest BCUT2D eigenvalue weighted by atomic mass is 10.8. The maximum Gasteiger partial charge on any atom is 0.329 e. The van der Waals surface area contributed by atoms with E-state index in [9.17, 15) is 0 Å². The first-order chi connectivity index (χ1) is 4.18. The highest BCUT2D eigenvalue weighted by Gasteiger charge is 1.82. The molecule has 5 heteroatoms. The Morgan fingerprint density at radius 2 is 1.78 bits per heavy atom. The largest absolute Gasteiger partial charge is 0.480 e. The third kappa shape index (κ3) is 46.4. The van der Waals surface area contributed by atoms with Crippen LogP contribution < -0.4 is 0 Å². The third-order valence-electron chi connectivity index (χ3n) is 0.206. The average molecular weight is 133 g/mol. The first-order valence-electron chi connectivity index (χ1n) is 1.99. The van der Waals surface area contributed by atoms with Crippen molar-refractivity contribution in [3.63, 3.8) is 0 Å². The standard InChI is InChI=1S/C2H3NO.C2H4O3/c3-1-2-4;3-1-2(4)5/h4H,2H2;3H,1H2,(H,4,5). The molecule has 0 amide bonds. The zero-order chi connectivity index (χ0) is 7.70. The Balaban J connectivity index is 0. The van der Waals surface area contributed by atoms with Crippen LogP contribution in [0.25, 0.3) is 0 Å². The Kier molecular flexibility index (Phi) is 12.0. The molecule has 5 nitrogen and oxygen atoms in total. The molecule has 0 aromatic heterocycles. The van der Waals surface area contributed by atoms with Crippen LogP contribution in [-0.4, -0.2) is 34.5 Å². The van der Waals surface area contributed by atoms with Crippen molar-refractivity contribution in [1.29, 1.82) is 5.26 Å². The Morgan fingerprint density at radius 3 is 1.78 bits per heavy atom. The molecule has 0 rings (SSSR count). The third-order valence-corrected chi connectivity index (χ3v) is 0.206. The summed E-state index contributed by atoms with van der Waals surface area (Å²) in [5, 5.41) is 29.9. The molecule has 0 spiro atoms. The molecule has 0 fully saturated rings.